The standard InChI is InChI=1S/C14H17IN2OS/c1-2-13-9(5-6-18-13)8-17-12-4-3-10(15)7-11(12)16-14(17)19/h3-4,7,9,13H,2,5-6,8H2,1H3,(H,16,19). The lowest BCUT2D eigenvalue weighted by Gasteiger charge is -2.17. The van der Waals surface area contributed by atoms with E-state index < -0.39 is 0 Å². The van der Waals surface area contributed by atoms with Crippen LogP contribution < -0.4 is 0 Å². The Bertz CT molecular complexity index is 648. The summed E-state index contributed by atoms with van der Waals surface area (Å²) in [7, 11) is 0. The molecule has 2 unspecified atom stereocenters. The summed E-state index contributed by atoms with van der Waals surface area (Å²) >= 11 is 7.79. The monoisotopic (exact) mass is 388 g/mol. The van der Waals surface area contributed by atoms with E-state index in [1.54, 1.807) is 0 Å². The lowest BCUT2D eigenvalue weighted by Crippen LogP contribution is -2.20. The molecular formula is C14H17IN2OS. The van der Waals surface area contributed by atoms with Gasteiger partial charge < -0.3 is 14.3 Å². The molecular weight excluding hydrogens is 371 g/mol. The Balaban J connectivity index is 1.96. The Kier molecular flexibility index (Phi) is 3.96. The maximum absolute atomic E-state index is 5.78. The molecule has 102 valence electrons. The summed E-state index contributed by atoms with van der Waals surface area (Å²) in [5.74, 6) is 0.579. The Morgan fingerprint density at radius 2 is 2.37 bits per heavy atom. The first kappa shape index (κ1) is 13.6. The van der Waals surface area contributed by atoms with Crippen LogP contribution in [0.1, 0.15) is 19.8 Å². The molecule has 0 radical (unpaired) electrons. The lowest BCUT2D eigenvalue weighted by molar-refractivity contribution is 0.0837. The number of aromatic nitrogens is 2. The fraction of sp³-hybridized carbons (Fsp3) is 0.500. The second kappa shape index (κ2) is 5.54. The van der Waals surface area contributed by atoms with Crippen LogP contribution in [0.4, 0.5) is 0 Å². The van der Waals surface area contributed by atoms with Crippen LogP contribution in [0.2, 0.25) is 0 Å². The van der Waals surface area contributed by atoms with E-state index in [1.165, 1.54) is 9.09 Å². The van der Waals surface area contributed by atoms with Crippen LogP contribution in [-0.4, -0.2) is 22.3 Å². The van der Waals surface area contributed by atoms with Crippen LogP contribution in [0.25, 0.3) is 11.0 Å². The molecule has 1 aromatic carbocycles. The van der Waals surface area contributed by atoms with Crippen molar-refractivity contribution in [3.63, 3.8) is 0 Å². The molecule has 19 heavy (non-hydrogen) atoms. The number of nitrogens with zero attached hydrogens (tertiary/aromatic N) is 1. The second-order valence-corrected chi connectivity index (χ2v) is 6.70. The van der Waals surface area contributed by atoms with E-state index in [9.17, 15) is 0 Å². The van der Waals surface area contributed by atoms with Crippen molar-refractivity contribution in [2.75, 3.05) is 6.61 Å². The largest absolute Gasteiger partial charge is 0.378 e. The fourth-order valence-electron chi connectivity index (χ4n) is 2.90. The maximum Gasteiger partial charge on any atom is 0.178 e. The summed E-state index contributed by atoms with van der Waals surface area (Å²) in [4.78, 5) is 3.31. The van der Waals surface area contributed by atoms with Gasteiger partial charge in [-0.25, -0.2) is 0 Å². The molecule has 3 nitrogen and oxygen atoms in total. The first-order valence-corrected chi connectivity index (χ1v) is 8.17. The number of H-pyrrole nitrogens is 1. The van der Waals surface area contributed by atoms with E-state index in [4.69, 9.17) is 17.0 Å². The minimum absolute atomic E-state index is 0.385. The van der Waals surface area contributed by atoms with Gasteiger partial charge in [0.05, 0.1) is 17.1 Å². The maximum atomic E-state index is 5.78. The molecule has 2 atom stereocenters. The third-order valence-corrected chi connectivity index (χ3v) is 4.90. The van der Waals surface area contributed by atoms with Crippen molar-refractivity contribution >= 4 is 45.8 Å². The van der Waals surface area contributed by atoms with Crippen molar-refractivity contribution in [1.29, 1.82) is 0 Å². The van der Waals surface area contributed by atoms with Gasteiger partial charge in [0, 0.05) is 22.6 Å². The molecule has 3 rings (SSSR count). The number of halogens is 1. The molecule has 5 heteroatoms. The number of fused-ring (bicyclic) bond motifs is 1. The van der Waals surface area contributed by atoms with Crippen molar-refractivity contribution in [3.8, 4) is 0 Å². The Labute approximate surface area is 131 Å². The van der Waals surface area contributed by atoms with Gasteiger partial charge in [-0.3, -0.25) is 0 Å². The van der Waals surface area contributed by atoms with Crippen LogP contribution >= 0.6 is 34.8 Å². The molecule has 0 aliphatic carbocycles. The molecule has 0 saturated carbocycles. The topological polar surface area (TPSA) is 29.9 Å². The summed E-state index contributed by atoms with van der Waals surface area (Å²) in [6.45, 7) is 4.04. The van der Waals surface area contributed by atoms with E-state index in [0.29, 0.717) is 12.0 Å². The van der Waals surface area contributed by atoms with E-state index in [-0.39, 0.29) is 0 Å². The van der Waals surface area contributed by atoms with Crippen molar-refractivity contribution in [3.05, 3.63) is 26.5 Å². The van der Waals surface area contributed by atoms with Crippen LogP contribution in [0, 0.1) is 14.3 Å². The van der Waals surface area contributed by atoms with E-state index >= 15 is 0 Å². The van der Waals surface area contributed by atoms with Gasteiger partial charge in [0.1, 0.15) is 0 Å². The molecule has 0 bridgehead atoms. The molecule has 2 heterocycles. The number of aromatic amines is 1. The third-order valence-electron chi connectivity index (χ3n) is 3.90. The number of hydrogen-bond donors (Lipinski definition) is 1. The lowest BCUT2D eigenvalue weighted by atomic mass is 9.99. The number of imidazole rings is 1. The first-order valence-electron chi connectivity index (χ1n) is 6.68. The molecule has 1 saturated heterocycles. The predicted molar refractivity (Wildman–Crippen MR) is 88.0 cm³/mol. The SMILES string of the molecule is CCC1OCCC1Cn1c(=S)[nH]c2cc(I)ccc21. The minimum Gasteiger partial charge on any atom is -0.378 e. The average molecular weight is 388 g/mol. The second-order valence-electron chi connectivity index (χ2n) is 5.07. The van der Waals surface area contributed by atoms with Crippen molar-refractivity contribution in [2.24, 2.45) is 5.92 Å². The van der Waals surface area contributed by atoms with Gasteiger partial charge >= 0.3 is 0 Å². The van der Waals surface area contributed by atoms with E-state index in [2.05, 4.69) is 57.3 Å². The molecule has 1 aliphatic heterocycles. The smallest absolute Gasteiger partial charge is 0.178 e. The van der Waals surface area contributed by atoms with Gasteiger partial charge in [0.2, 0.25) is 0 Å². The fourth-order valence-corrected chi connectivity index (χ4v) is 3.68. The Morgan fingerprint density at radius 3 is 3.16 bits per heavy atom. The summed E-state index contributed by atoms with van der Waals surface area (Å²) in [6, 6.07) is 6.43. The number of nitrogens with one attached hydrogen (secondary N) is 1. The van der Waals surface area contributed by atoms with Crippen LogP contribution in [0.5, 0.6) is 0 Å². The molecule has 1 aromatic heterocycles. The van der Waals surface area contributed by atoms with Crippen molar-refractivity contribution < 1.29 is 4.74 Å². The zero-order chi connectivity index (χ0) is 13.4. The van der Waals surface area contributed by atoms with Gasteiger partial charge in [0.25, 0.3) is 0 Å². The van der Waals surface area contributed by atoms with Gasteiger partial charge in [-0.05, 0) is 65.8 Å². The van der Waals surface area contributed by atoms with E-state index in [1.807, 2.05) is 0 Å². The summed E-state index contributed by atoms with van der Waals surface area (Å²) in [5.41, 5.74) is 2.33. The van der Waals surface area contributed by atoms with Crippen LogP contribution in [0.3, 0.4) is 0 Å². The number of ether oxygens (including phenoxy) is 1. The van der Waals surface area contributed by atoms with Gasteiger partial charge in [-0.1, -0.05) is 6.92 Å². The van der Waals surface area contributed by atoms with Crippen LogP contribution in [-0.2, 0) is 11.3 Å². The molecule has 0 amide bonds. The van der Waals surface area contributed by atoms with Gasteiger partial charge in [-0.15, -0.1) is 0 Å². The highest BCUT2D eigenvalue weighted by Gasteiger charge is 2.27. The number of hydrogen-bond acceptors (Lipinski definition) is 2. The molecule has 1 aliphatic rings. The predicted octanol–water partition coefficient (Wildman–Crippen LogP) is 4.12. The first-order chi connectivity index (χ1) is 9.19. The van der Waals surface area contributed by atoms with Crippen molar-refractivity contribution in [1.82, 2.24) is 9.55 Å². The zero-order valence-corrected chi connectivity index (χ0v) is 13.8. The summed E-state index contributed by atoms with van der Waals surface area (Å²) in [5, 5.41) is 0. The van der Waals surface area contributed by atoms with E-state index in [0.717, 1.165) is 36.3 Å². The Morgan fingerprint density at radius 1 is 1.53 bits per heavy atom. The highest BCUT2D eigenvalue weighted by Crippen LogP contribution is 2.27. The quantitative estimate of drug-likeness (QED) is 0.634. The summed E-state index contributed by atoms with van der Waals surface area (Å²) in [6.07, 6.45) is 2.60. The normalized spacial score (nSPS) is 23.3. The molecule has 2 aromatic rings. The number of benzene rings is 1. The number of rotatable bonds is 3. The minimum atomic E-state index is 0.385. The average Bonchev–Trinajstić information content (AvgIpc) is 2.95. The Hall–Kier alpha value is -0.400. The van der Waals surface area contributed by atoms with Crippen molar-refractivity contribution in [2.45, 2.75) is 32.4 Å². The third kappa shape index (κ3) is 2.60. The highest BCUT2D eigenvalue weighted by atomic mass is 127. The molecule has 0 spiro atoms. The van der Waals surface area contributed by atoms with Crippen LogP contribution in [0.15, 0.2) is 18.2 Å². The zero-order valence-electron chi connectivity index (χ0n) is 10.9. The summed E-state index contributed by atoms with van der Waals surface area (Å²) < 4.78 is 10.0. The highest BCUT2D eigenvalue weighted by molar-refractivity contribution is 14.1. The molecule has 1 fully saturated rings. The van der Waals surface area contributed by atoms with Gasteiger partial charge in [-0.2, -0.15) is 0 Å². The van der Waals surface area contributed by atoms with Gasteiger partial charge in [0.15, 0.2) is 4.77 Å². The molecule has 1 N–H and O–H groups in total.